The van der Waals surface area contributed by atoms with Gasteiger partial charge < -0.3 is 20.6 Å². The van der Waals surface area contributed by atoms with Gasteiger partial charge in [0.15, 0.2) is 5.84 Å². The average molecular weight is 237 g/mol. The van der Waals surface area contributed by atoms with Crippen molar-refractivity contribution in [2.45, 2.75) is 13.0 Å². The molecule has 0 aliphatic carbocycles. The van der Waals surface area contributed by atoms with E-state index in [4.69, 9.17) is 15.7 Å². The molecule has 0 aromatic carbocycles. The van der Waals surface area contributed by atoms with E-state index in [1.165, 1.54) is 6.33 Å². The molecule has 7 nitrogen and oxygen atoms in total. The number of nitrogens with zero attached hydrogens (tertiary/aromatic N) is 4. The lowest BCUT2D eigenvalue weighted by Crippen LogP contribution is -2.45. The van der Waals surface area contributed by atoms with Gasteiger partial charge in [0.1, 0.15) is 12.1 Å². The van der Waals surface area contributed by atoms with Crippen LogP contribution in [0.25, 0.3) is 0 Å². The Kier molecular flexibility index (Phi) is 3.38. The van der Waals surface area contributed by atoms with Gasteiger partial charge in [-0.25, -0.2) is 9.97 Å². The molecule has 2 heterocycles. The number of rotatable bonds is 2. The van der Waals surface area contributed by atoms with Gasteiger partial charge in [-0.05, 0) is 6.92 Å². The van der Waals surface area contributed by atoms with Crippen molar-refractivity contribution < 1.29 is 9.94 Å². The van der Waals surface area contributed by atoms with E-state index in [0.717, 1.165) is 6.54 Å². The molecule has 1 aromatic heterocycles. The van der Waals surface area contributed by atoms with Gasteiger partial charge in [0.2, 0.25) is 0 Å². The molecule has 2 rings (SSSR count). The molecule has 7 heteroatoms. The summed E-state index contributed by atoms with van der Waals surface area (Å²) in [5, 5.41) is 11.7. The molecule has 17 heavy (non-hydrogen) atoms. The highest BCUT2D eigenvalue weighted by Gasteiger charge is 2.23. The van der Waals surface area contributed by atoms with Crippen LogP contribution in [0.5, 0.6) is 0 Å². The lowest BCUT2D eigenvalue weighted by molar-refractivity contribution is 0.0985. The Labute approximate surface area is 98.9 Å². The van der Waals surface area contributed by atoms with Gasteiger partial charge in [-0.2, -0.15) is 0 Å². The quantitative estimate of drug-likeness (QED) is 0.320. The van der Waals surface area contributed by atoms with E-state index < -0.39 is 0 Å². The number of nitrogens with two attached hydrogens (primary N) is 1. The molecule has 0 spiro atoms. The van der Waals surface area contributed by atoms with Gasteiger partial charge in [-0.1, -0.05) is 5.16 Å². The van der Waals surface area contributed by atoms with Crippen molar-refractivity contribution in [2.75, 3.05) is 24.7 Å². The molecular weight excluding hydrogens is 222 g/mol. The lowest BCUT2D eigenvalue weighted by atomic mass is 10.2. The van der Waals surface area contributed by atoms with E-state index in [2.05, 4.69) is 20.0 Å². The highest BCUT2D eigenvalue weighted by atomic mass is 16.5. The topological polar surface area (TPSA) is 96.9 Å². The summed E-state index contributed by atoms with van der Waals surface area (Å²) in [6.07, 6.45) is 2.99. The van der Waals surface area contributed by atoms with Crippen LogP contribution in [0.2, 0.25) is 0 Å². The zero-order valence-corrected chi connectivity index (χ0v) is 9.58. The molecule has 1 saturated heterocycles. The van der Waals surface area contributed by atoms with E-state index in [1.807, 2.05) is 6.92 Å². The molecular formula is C10H15N5O2. The third kappa shape index (κ3) is 2.28. The van der Waals surface area contributed by atoms with Crippen LogP contribution in [-0.4, -0.2) is 46.8 Å². The molecule has 1 unspecified atom stereocenters. The Morgan fingerprint density at radius 2 is 2.53 bits per heavy atom. The number of hydrogen-bond acceptors (Lipinski definition) is 6. The number of oxime groups is 1. The summed E-state index contributed by atoms with van der Waals surface area (Å²) >= 11 is 0. The summed E-state index contributed by atoms with van der Waals surface area (Å²) in [6, 6.07) is 0.198. The summed E-state index contributed by atoms with van der Waals surface area (Å²) in [5.41, 5.74) is 6.14. The Balaban J connectivity index is 2.37. The third-order valence-corrected chi connectivity index (χ3v) is 2.71. The number of morpholine rings is 1. The van der Waals surface area contributed by atoms with Gasteiger partial charge in [-0.3, -0.25) is 0 Å². The van der Waals surface area contributed by atoms with E-state index >= 15 is 0 Å². The Morgan fingerprint density at radius 1 is 1.71 bits per heavy atom. The number of aromatic nitrogens is 2. The number of hydrogen-bond donors (Lipinski definition) is 2. The van der Waals surface area contributed by atoms with Crippen molar-refractivity contribution in [2.24, 2.45) is 10.9 Å². The predicted octanol–water partition coefficient (Wildman–Crippen LogP) is -0.204. The van der Waals surface area contributed by atoms with Crippen LogP contribution in [-0.2, 0) is 4.74 Å². The second-order valence-corrected chi connectivity index (χ2v) is 3.86. The van der Waals surface area contributed by atoms with E-state index in [0.29, 0.717) is 24.6 Å². The molecule has 1 aliphatic rings. The van der Waals surface area contributed by atoms with Crippen LogP contribution in [0, 0.1) is 0 Å². The second-order valence-electron chi connectivity index (χ2n) is 3.86. The fraction of sp³-hybridized carbons (Fsp3) is 0.500. The standard InChI is InChI=1S/C10H15N5O2/c1-7-5-17-3-2-15(7)10-8(9(11)14-16)4-12-6-13-10/h4,6-7,16H,2-3,5H2,1H3,(H2,11,14). The molecule has 3 N–H and O–H groups in total. The Bertz CT molecular complexity index is 423. The summed E-state index contributed by atoms with van der Waals surface area (Å²) in [6.45, 7) is 4.05. The maximum absolute atomic E-state index is 8.74. The van der Waals surface area contributed by atoms with E-state index in [9.17, 15) is 0 Å². The van der Waals surface area contributed by atoms with Crippen molar-refractivity contribution >= 4 is 11.7 Å². The average Bonchev–Trinajstić information content (AvgIpc) is 2.38. The van der Waals surface area contributed by atoms with Crippen LogP contribution >= 0.6 is 0 Å². The summed E-state index contributed by atoms with van der Waals surface area (Å²) < 4.78 is 5.36. The molecule has 1 atom stereocenters. The first-order valence-electron chi connectivity index (χ1n) is 5.36. The first kappa shape index (κ1) is 11.6. The predicted molar refractivity (Wildman–Crippen MR) is 62.2 cm³/mol. The van der Waals surface area contributed by atoms with Crippen molar-refractivity contribution in [3.63, 3.8) is 0 Å². The number of amidine groups is 1. The lowest BCUT2D eigenvalue weighted by Gasteiger charge is -2.34. The maximum atomic E-state index is 8.74. The summed E-state index contributed by atoms with van der Waals surface area (Å²) in [7, 11) is 0. The van der Waals surface area contributed by atoms with Gasteiger partial charge in [-0.15, -0.1) is 0 Å². The van der Waals surface area contributed by atoms with Crippen LogP contribution in [0.4, 0.5) is 5.82 Å². The maximum Gasteiger partial charge on any atom is 0.175 e. The Morgan fingerprint density at radius 3 is 3.24 bits per heavy atom. The molecule has 0 amide bonds. The van der Waals surface area contributed by atoms with Gasteiger partial charge in [0, 0.05) is 12.7 Å². The number of anilines is 1. The normalized spacial score (nSPS) is 21.6. The largest absolute Gasteiger partial charge is 0.409 e. The minimum absolute atomic E-state index is 0.0132. The minimum Gasteiger partial charge on any atom is -0.409 e. The van der Waals surface area contributed by atoms with Crippen LogP contribution in [0.15, 0.2) is 17.7 Å². The molecule has 1 aliphatic heterocycles. The number of ether oxygens (including phenoxy) is 1. The SMILES string of the molecule is CC1COCCN1c1ncncc1C(N)=NO. The molecule has 1 fully saturated rings. The fourth-order valence-electron chi connectivity index (χ4n) is 1.83. The zero-order valence-electron chi connectivity index (χ0n) is 9.58. The fourth-order valence-corrected chi connectivity index (χ4v) is 1.83. The molecule has 0 radical (unpaired) electrons. The molecule has 0 saturated carbocycles. The van der Waals surface area contributed by atoms with E-state index in [-0.39, 0.29) is 11.9 Å². The van der Waals surface area contributed by atoms with Gasteiger partial charge in [0.05, 0.1) is 24.8 Å². The van der Waals surface area contributed by atoms with Crippen LogP contribution in [0.1, 0.15) is 12.5 Å². The van der Waals surface area contributed by atoms with E-state index in [1.54, 1.807) is 6.20 Å². The highest BCUT2D eigenvalue weighted by Crippen LogP contribution is 2.20. The minimum atomic E-state index is 0.0132. The van der Waals surface area contributed by atoms with Crippen molar-refractivity contribution in [1.29, 1.82) is 0 Å². The van der Waals surface area contributed by atoms with Gasteiger partial charge >= 0.3 is 0 Å². The molecule has 92 valence electrons. The highest BCUT2D eigenvalue weighted by molar-refractivity contribution is 6.01. The van der Waals surface area contributed by atoms with Crippen molar-refractivity contribution in [3.8, 4) is 0 Å². The first-order chi connectivity index (χ1) is 8.24. The van der Waals surface area contributed by atoms with Crippen LogP contribution < -0.4 is 10.6 Å². The molecule has 1 aromatic rings. The smallest absolute Gasteiger partial charge is 0.175 e. The first-order valence-corrected chi connectivity index (χ1v) is 5.36. The monoisotopic (exact) mass is 237 g/mol. The third-order valence-electron chi connectivity index (χ3n) is 2.71. The van der Waals surface area contributed by atoms with Gasteiger partial charge in [0.25, 0.3) is 0 Å². The zero-order chi connectivity index (χ0) is 12.3. The van der Waals surface area contributed by atoms with Crippen molar-refractivity contribution in [3.05, 3.63) is 18.1 Å². The molecule has 0 bridgehead atoms. The summed E-state index contributed by atoms with van der Waals surface area (Å²) in [4.78, 5) is 10.2. The summed E-state index contributed by atoms with van der Waals surface area (Å²) in [5.74, 6) is 0.686. The Hall–Kier alpha value is -1.89. The second kappa shape index (κ2) is 4.96. The van der Waals surface area contributed by atoms with Crippen LogP contribution in [0.3, 0.4) is 0 Å². The van der Waals surface area contributed by atoms with Crippen molar-refractivity contribution in [1.82, 2.24) is 9.97 Å².